The lowest BCUT2D eigenvalue weighted by Gasteiger charge is -2.29. The van der Waals surface area contributed by atoms with E-state index in [0.29, 0.717) is 0 Å². The van der Waals surface area contributed by atoms with Gasteiger partial charge in [-0.3, -0.25) is 0 Å². The largest absolute Gasteiger partial charge is 0.310 e. The van der Waals surface area contributed by atoms with Gasteiger partial charge < -0.3 is 4.90 Å². The first-order valence-corrected chi connectivity index (χ1v) is 20.6. The minimum atomic E-state index is -0.0904. The van der Waals surface area contributed by atoms with Crippen LogP contribution >= 0.6 is 11.3 Å². The zero-order valence-corrected chi connectivity index (χ0v) is 32.7. The Balaban J connectivity index is 1.05. The van der Waals surface area contributed by atoms with Gasteiger partial charge in [0.2, 0.25) is 0 Å². The van der Waals surface area contributed by atoms with Crippen molar-refractivity contribution in [3.63, 3.8) is 0 Å². The minimum Gasteiger partial charge on any atom is -0.310 e. The molecule has 10 aromatic rings. The highest BCUT2D eigenvalue weighted by Crippen LogP contribution is 2.52. The van der Waals surface area contributed by atoms with E-state index >= 15 is 0 Å². The molecule has 1 aromatic heterocycles. The van der Waals surface area contributed by atoms with E-state index in [1.165, 1.54) is 86.6 Å². The number of thiophene rings is 1. The molecule has 0 saturated heterocycles. The summed E-state index contributed by atoms with van der Waals surface area (Å²) in [5.41, 5.74) is 16.1. The summed E-state index contributed by atoms with van der Waals surface area (Å²) in [6.45, 7) is 4.73. The van der Waals surface area contributed by atoms with Crippen LogP contribution in [0.4, 0.5) is 17.1 Å². The summed E-state index contributed by atoms with van der Waals surface area (Å²) in [6, 6.07) is 73.8. The fourth-order valence-corrected chi connectivity index (χ4v) is 10.5. The number of benzene rings is 9. The molecule has 2 heteroatoms. The van der Waals surface area contributed by atoms with Gasteiger partial charge in [0, 0.05) is 42.5 Å². The second kappa shape index (κ2) is 13.2. The van der Waals surface area contributed by atoms with Crippen molar-refractivity contribution in [2.45, 2.75) is 19.3 Å². The maximum atomic E-state index is 2.43. The van der Waals surface area contributed by atoms with Crippen LogP contribution in [-0.4, -0.2) is 0 Å². The fourth-order valence-electron chi connectivity index (χ4n) is 9.38. The maximum Gasteiger partial charge on any atom is 0.0540 e. The molecule has 11 rings (SSSR count). The van der Waals surface area contributed by atoms with Gasteiger partial charge in [-0.2, -0.15) is 0 Å². The molecule has 0 amide bonds. The molecule has 0 radical (unpaired) electrons. The van der Waals surface area contributed by atoms with Gasteiger partial charge in [0.15, 0.2) is 0 Å². The van der Waals surface area contributed by atoms with Crippen molar-refractivity contribution in [3.05, 3.63) is 211 Å². The predicted octanol–water partition coefficient (Wildman–Crippen LogP) is 16.0. The van der Waals surface area contributed by atoms with Gasteiger partial charge in [0.1, 0.15) is 0 Å². The van der Waals surface area contributed by atoms with Crippen LogP contribution < -0.4 is 4.90 Å². The van der Waals surface area contributed by atoms with Crippen LogP contribution in [0.2, 0.25) is 0 Å². The molecule has 270 valence electrons. The van der Waals surface area contributed by atoms with Crippen molar-refractivity contribution >= 4 is 59.3 Å². The lowest BCUT2D eigenvalue weighted by Crippen LogP contribution is -2.16. The van der Waals surface area contributed by atoms with Crippen LogP contribution in [0.5, 0.6) is 0 Å². The highest BCUT2D eigenvalue weighted by molar-refractivity contribution is 7.25. The quantitative estimate of drug-likeness (QED) is 0.164. The Morgan fingerprint density at radius 2 is 0.930 bits per heavy atom. The van der Waals surface area contributed by atoms with Crippen molar-refractivity contribution in [3.8, 4) is 44.5 Å². The van der Waals surface area contributed by atoms with E-state index in [0.717, 1.165) is 17.1 Å². The zero-order chi connectivity index (χ0) is 38.1. The number of anilines is 3. The second-order valence-electron chi connectivity index (χ2n) is 15.7. The Kier molecular flexibility index (Phi) is 7.77. The molecule has 0 spiro atoms. The summed E-state index contributed by atoms with van der Waals surface area (Å²) in [7, 11) is 0. The smallest absolute Gasteiger partial charge is 0.0540 e. The minimum absolute atomic E-state index is 0.0904. The highest BCUT2D eigenvalue weighted by atomic mass is 32.1. The Bertz CT molecular complexity index is 3140. The molecule has 1 heterocycles. The van der Waals surface area contributed by atoms with E-state index < -0.39 is 0 Å². The fraction of sp³-hybridized carbons (Fsp3) is 0.0545. The van der Waals surface area contributed by atoms with Crippen LogP contribution in [0.15, 0.2) is 200 Å². The molecular formula is C55H39NS. The SMILES string of the molecule is CC1(C)c2ccccc2-c2cccc(-c3ccc(N(c4ccc(-c5cccc6ccccc56)cc4)c4ccccc4-c4ccc5sc6ccccc6c5c4)cc3)c21. The summed E-state index contributed by atoms with van der Waals surface area (Å²) < 4.78 is 2.63. The van der Waals surface area contributed by atoms with Gasteiger partial charge in [-0.25, -0.2) is 0 Å². The van der Waals surface area contributed by atoms with Crippen molar-refractivity contribution in [1.29, 1.82) is 0 Å². The normalized spacial score (nSPS) is 12.9. The van der Waals surface area contributed by atoms with Gasteiger partial charge in [0.25, 0.3) is 0 Å². The van der Waals surface area contributed by atoms with Gasteiger partial charge in [-0.1, -0.05) is 166 Å². The summed E-state index contributed by atoms with van der Waals surface area (Å²) in [6.07, 6.45) is 0. The third-order valence-corrected chi connectivity index (χ3v) is 13.2. The molecule has 1 aliphatic rings. The standard InChI is InChI=1S/C55H39NS/c1-55(2)50-22-8-5-17-46(50)48-21-12-20-45(54(48)55)38-27-32-41(33-28-38)56(40-30-25-37(26-31-40)43-19-11-14-36-13-3-4-15-42(36)43)51-23-9-6-16-44(51)39-29-34-53-49(35-39)47-18-7-10-24-52(47)57-53/h3-35H,1-2H3. The average molecular weight is 746 g/mol. The van der Waals surface area contributed by atoms with Crippen molar-refractivity contribution in [2.75, 3.05) is 4.90 Å². The van der Waals surface area contributed by atoms with Gasteiger partial charge in [-0.05, 0) is 109 Å². The van der Waals surface area contributed by atoms with Crippen LogP contribution in [0.25, 0.3) is 75.5 Å². The number of para-hydroxylation sites is 1. The van der Waals surface area contributed by atoms with Crippen LogP contribution in [0.3, 0.4) is 0 Å². The first-order chi connectivity index (χ1) is 28.0. The molecule has 0 unspecified atom stereocenters. The van der Waals surface area contributed by atoms with E-state index in [1.807, 2.05) is 11.3 Å². The number of hydrogen-bond acceptors (Lipinski definition) is 2. The van der Waals surface area contributed by atoms with Gasteiger partial charge >= 0.3 is 0 Å². The van der Waals surface area contributed by atoms with Crippen molar-refractivity contribution in [2.24, 2.45) is 0 Å². The van der Waals surface area contributed by atoms with Crippen LogP contribution in [-0.2, 0) is 5.41 Å². The predicted molar refractivity (Wildman–Crippen MR) is 245 cm³/mol. The molecule has 57 heavy (non-hydrogen) atoms. The average Bonchev–Trinajstić information content (AvgIpc) is 3.76. The molecule has 0 saturated carbocycles. The lowest BCUT2D eigenvalue weighted by atomic mass is 9.79. The van der Waals surface area contributed by atoms with Gasteiger partial charge in [0.05, 0.1) is 5.69 Å². The molecule has 1 aliphatic carbocycles. The van der Waals surface area contributed by atoms with E-state index in [-0.39, 0.29) is 5.41 Å². The van der Waals surface area contributed by atoms with Crippen LogP contribution in [0, 0.1) is 0 Å². The monoisotopic (exact) mass is 745 g/mol. The zero-order valence-electron chi connectivity index (χ0n) is 31.9. The molecule has 0 atom stereocenters. The summed E-state index contributed by atoms with van der Waals surface area (Å²) in [5, 5.41) is 5.13. The third kappa shape index (κ3) is 5.44. The summed E-state index contributed by atoms with van der Waals surface area (Å²) in [5.74, 6) is 0. The third-order valence-electron chi connectivity index (χ3n) is 12.1. The topological polar surface area (TPSA) is 3.24 Å². The first kappa shape index (κ1) is 33.6. The molecule has 0 fully saturated rings. The molecule has 9 aromatic carbocycles. The van der Waals surface area contributed by atoms with E-state index in [2.05, 4.69) is 219 Å². The lowest BCUT2D eigenvalue weighted by molar-refractivity contribution is 0.662. The molecule has 1 nitrogen and oxygen atoms in total. The van der Waals surface area contributed by atoms with Crippen molar-refractivity contribution < 1.29 is 0 Å². The molecular weight excluding hydrogens is 707 g/mol. The molecule has 0 bridgehead atoms. The Hall–Kier alpha value is -6.74. The Morgan fingerprint density at radius 3 is 1.74 bits per heavy atom. The molecule has 0 aliphatic heterocycles. The van der Waals surface area contributed by atoms with Gasteiger partial charge in [-0.15, -0.1) is 11.3 Å². The van der Waals surface area contributed by atoms with E-state index in [4.69, 9.17) is 0 Å². The van der Waals surface area contributed by atoms with E-state index in [1.54, 1.807) is 0 Å². The number of fused-ring (bicyclic) bond motifs is 7. The first-order valence-electron chi connectivity index (χ1n) is 19.8. The highest BCUT2D eigenvalue weighted by Gasteiger charge is 2.37. The second-order valence-corrected chi connectivity index (χ2v) is 16.8. The number of rotatable bonds is 6. The number of hydrogen-bond donors (Lipinski definition) is 0. The molecule has 0 N–H and O–H groups in total. The maximum absolute atomic E-state index is 2.43. The number of nitrogens with zero attached hydrogens (tertiary/aromatic N) is 1. The Morgan fingerprint density at radius 1 is 0.386 bits per heavy atom. The van der Waals surface area contributed by atoms with E-state index in [9.17, 15) is 0 Å². The Labute approximate surface area is 337 Å². The van der Waals surface area contributed by atoms with Crippen LogP contribution in [0.1, 0.15) is 25.0 Å². The summed E-state index contributed by atoms with van der Waals surface area (Å²) in [4.78, 5) is 2.43. The summed E-state index contributed by atoms with van der Waals surface area (Å²) >= 11 is 1.86. The van der Waals surface area contributed by atoms with Crippen molar-refractivity contribution in [1.82, 2.24) is 0 Å².